The van der Waals surface area contributed by atoms with Gasteiger partial charge in [0, 0.05) is 17.0 Å². The number of rotatable bonds is 7. The minimum absolute atomic E-state index is 0.359. The number of quaternary nitrogens is 1. The van der Waals surface area contributed by atoms with E-state index in [9.17, 15) is 5.11 Å². The van der Waals surface area contributed by atoms with Gasteiger partial charge in [0.1, 0.15) is 12.6 Å². The number of nitrogens with one attached hydrogen (secondary N) is 2. The topological polar surface area (TPSA) is 69.5 Å². The van der Waals surface area contributed by atoms with E-state index in [1.807, 2.05) is 30.3 Å². The normalized spacial score (nSPS) is 16.2. The molecule has 2 heterocycles. The molecule has 1 fully saturated rings. The number of hydrogen-bond donors (Lipinski definition) is 3. The van der Waals surface area contributed by atoms with Crippen LogP contribution in [0.15, 0.2) is 65.8 Å². The summed E-state index contributed by atoms with van der Waals surface area (Å²) in [6.07, 6.45) is -0.359. The second-order valence-electron chi connectivity index (χ2n) is 7.07. The van der Waals surface area contributed by atoms with Crippen molar-refractivity contribution in [2.45, 2.75) is 11.3 Å². The molecule has 4 rings (SSSR count). The number of H-pyrrole nitrogens is 1. The number of aromatic amines is 1. The van der Waals surface area contributed by atoms with Crippen molar-refractivity contribution in [1.29, 1.82) is 0 Å². The second-order valence-corrected chi connectivity index (χ2v) is 8.06. The average Bonchev–Trinajstić information content (AvgIpc) is 3.23. The summed E-state index contributed by atoms with van der Waals surface area (Å²) in [7, 11) is 0. The molecule has 6 nitrogen and oxygen atoms in total. The number of benzene rings is 2. The fraction of sp³-hybridized carbons (Fsp3) is 0.333. The Hall–Kier alpha value is -2.35. The summed E-state index contributed by atoms with van der Waals surface area (Å²) in [4.78, 5) is 8.39. The standard InChI is InChI=1S/C21H25N5OS/c27-19(15-25-11-13-26(14-12-25)18-9-5-2-6-10-18)16-28-21-22-20(23-24-21)17-7-3-1-4-8-17/h1-10,19,27H,11-16H2,(H,22,23,24)/p+1/t19-/m1/s1. The van der Waals surface area contributed by atoms with Gasteiger partial charge >= 0.3 is 0 Å². The molecule has 1 aliphatic heterocycles. The van der Waals surface area contributed by atoms with E-state index in [0.29, 0.717) is 10.9 Å². The molecule has 0 saturated carbocycles. The molecule has 0 spiro atoms. The Kier molecular flexibility index (Phi) is 6.26. The number of para-hydroxylation sites is 1. The number of thioether (sulfide) groups is 1. The first-order valence-corrected chi connectivity index (χ1v) is 10.7. The summed E-state index contributed by atoms with van der Waals surface area (Å²) < 4.78 is 0. The molecule has 28 heavy (non-hydrogen) atoms. The first-order valence-electron chi connectivity index (χ1n) is 9.70. The molecule has 0 unspecified atom stereocenters. The zero-order valence-corrected chi connectivity index (χ0v) is 16.6. The largest absolute Gasteiger partial charge is 0.386 e. The van der Waals surface area contributed by atoms with Gasteiger partial charge < -0.3 is 14.9 Å². The minimum Gasteiger partial charge on any atom is -0.386 e. The number of aromatic nitrogens is 3. The molecule has 1 aromatic heterocycles. The molecular formula is C21H26N5OS+. The molecule has 0 amide bonds. The van der Waals surface area contributed by atoms with Gasteiger partial charge in [0.25, 0.3) is 0 Å². The maximum absolute atomic E-state index is 10.4. The number of nitrogens with zero attached hydrogens (tertiary/aromatic N) is 3. The molecule has 0 bridgehead atoms. The SMILES string of the molecule is O[C@@H](CSc1n[nH]c(-c2ccccc2)n1)C[NH+]1CCN(c2ccccc2)CC1. The minimum atomic E-state index is -0.359. The van der Waals surface area contributed by atoms with E-state index >= 15 is 0 Å². The highest BCUT2D eigenvalue weighted by atomic mass is 32.2. The van der Waals surface area contributed by atoms with Gasteiger partial charge in [0.15, 0.2) is 5.82 Å². The van der Waals surface area contributed by atoms with Crippen molar-refractivity contribution >= 4 is 17.4 Å². The lowest BCUT2D eigenvalue weighted by Crippen LogP contribution is -3.15. The zero-order chi connectivity index (χ0) is 19.2. The van der Waals surface area contributed by atoms with E-state index in [1.54, 1.807) is 0 Å². The van der Waals surface area contributed by atoms with Crippen LogP contribution in [0.2, 0.25) is 0 Å². The Balaban J connectivity index is 1.21. The predicted molar refractivity (Wildman–Crippen MR) is 113 cm³/mol. The zero-order valence-electron chi connectivity index (χ0n) is 15.8. The monoisotopic (exact) mass is 396 g/mol. The summed E-state index contributed by atoms with van der Waals surface area (Å²) in [5.41, 5.74) is 2.31. The molecule has 0 aliphatic carbocycles. The average molecular weight is 397 g/mol. The summed E-state index contributed by atoms with van der Waals surface area (Å²) in [5.74, 6) is 1.37. The van der Waals surface area contributed by atoms with Crippen molar-refractivity contribution in [1.82, 2.24) is 15.2 Å². The summed E-state index contributed by atoms with van der Waals surface area (Å²) >= 11 is 1.50. The van der Waals surface area contributed by atoms with Crippen molar-refractivity contribution < 1.29 is 10.0 Å². The number of aliphatic hydroxyl groups excluding tert-OH is 1. The van der Waals surface area contributed by atoms with Gasteiger partial charge in [-0.2, -0.15) is 0 Å². The van der Waals surface area contributed by atoms with Crippen molar-refractivity contribution in [2.24, 2.45) is 0 Å². The lowest BCUT2D eigenvalue weighted by molar-refractivity contribution is -0.903. The van der Waals surface area contributed by atoms with Crippen LogP contribution in [-0.4, -0.2) is 64.9 Å². The van der Waals surface area contributed by atoms with E-state index in [1.165, 1.54) is 22.3 Å². The predicted octanol–water partition coefficient (Wildman–Crippen LogP) is 1.33. The fourth-order valence-corrected chi connectivity index (χ4v) is 4.25. The molecule has 1 aliphatic rings. The first-order chi connectivity index (χ1) is 13.8. The quantitative estimate of drug-likeness (QED) is 0.526. The van der Waals surface area contributed by atoms with Gasteiger partial charge in [0.05, 0.1) is 26.2 Å². The van der Waals surface area contributed by atoms with Crippen LogP contribution in [0.3, 0.4) is 0 Å². The van der Waals surface area contributed by atoms with E-state index in [-0.39, 0.29) is 6.10 Å². The van der Waals surface area contributed by atoms with Crippen molar-refractivity contribution in [2.75, 3.05) is 43.4 Å². The third-order valence-electron chi connectivity index (χ3n) is 5.03. The molecule has 7 heteroatoms. The lowest BCUT2D eigenvalue weighted by atomic mass is 10.2. The van der Waals surface area contributed by atoms with Crippen LogP contribution in [-0.2, 0) is 0 Å². The molecule has 1 saturated heterocycles. The number of aliphatic hydroxyl groups is 1. The van der Waals surface area contributed by atoms with Gasteiger partial charge in [-0.05, 0) is 12.1 Å². The summed E-state index contributed by atoms with van der Waals surface area (Å²) in [5, 5.41) is 18.4. The number of piperazine rings is 1. The third kappa shape index (κ3) is 4.92. The molecule has 3 aromatic rings. The van der Waals surface area contributed by atoms with Gasteiger partial charge in [-0.1, -0.05) is 60.3 Å². The molecule has 1 atom stereocenters. The Morgan fingerprint density at radius 2 is 1.71 bits per heavy atom. The molecule has 146 valence electrons. The van der Waals surface area contributed by atoms with E-state index in [2.05, 4.69) is 50.4 Å². The molecular weight excluding hydrogens is 370 g/mol. The summed E-state index contributed by atoms with van der Waals surface area (Å²) in [6.45, 7) is 4.93. The van der Waals surface area contributed by atoms with Gasteiger partial charge in [-0.3, -0.25) is 5.10 Å². The van der Waals surface area contributed by atoms with Crippen LogP contribution in [0.1, 0.15) is 0 Å². The first kappa shape index (κ1) is 19.0. The fourth-order valence-electron chi connectivity index (χ4n) is 3.52. The van der Waals surface area contributed by atoms with Gasteiger partial charge in [-0.25, -0.2) is 4.98 Å². The smallest absolute Gasteiger partial charge is 0.208 e. The Morgan fingerprint density at radius 1 is 1.04 bits per heavy atom. The Morgan fingerprint density at radius 3 is 2.43 bits per heavy atom. The molecule has 2 aromatic carbocycles. The Labute approximate surface area is 169 Å². The van der Waals surface area contributed by atoms with Crippen molar-refractivity contribution in [3.8, 4) is 11.4 Å². The maximum Gasteiger partial charge on any atom is 0.208 e. The van der Waals surface area contributed by atoms with Crippen LogP contribution >= 0.6 is 11.8 Å². The highest BCUT2D eigenvalue weighted by Gasteiger charge is 2.22. The van der Waals surface area contributed by atoms with Crippen LogP contribution in [0.5, 0.6) is 0 Å². The van der Waals surface area contributed by atoms with Gasteiger partial charge in [0.2, 0.25) is 5.16 Å². The van der Waals surface area contributed by atoms with Crippen LogP contribution in [0, 0.1) is 0 Å². The van der Waals surface area contributed by atoms with Crippen LogP contribution < -0.4 is 9.80 Å². The third-order valence-corrected chi connectivity index (χ3v) is 6.03. The highest BCUT2D eigenvalue weighted by Crippen LogP contribution is 2.19. The highest BCUT2D eigenvalue weighted by molar-refractivity contribution is 7.99. The second kappa shape index (κ2) is 9.23. The lowest BCUT2D eigenvalue weighted by Gasteiger charge is -2.34. The molecule has 0 radical (unpaired) electrons. The van der Waals surface area contributed by atoms with Crippen molar-refractivity contribution in [3.63, 3.8) is 0 Å². The van der Waals surface area contributed by atoms with Gasteiger partial charge in [-0.15, -0.1) is 5.10 Å². The Bertz CT molecular complexity index is 850. The molecule has 3 N–H and O–H groups in total. The summed E-state index contributed by atoms with van der Waals surface area (Å²) in [6, 6.07) is 20.5. The van der Waals surface area contributed by atoms with Crippen LogP contribution in [0.4, 0.5) is 5.69 Å². The van der Waals surface area contributed by atoms with Crippen molar-refractivity contribution in [3.05, 3.63) is 60.7 Å². The van der Waals surface area contributed by atoms with E-state index < -0.39 is 0 Å². The van der Waals surface area contributed by atoms with Crippen LogP contribution in [0.25, 0.3) is 11.4 Å². The van der Waals surface area contributed by atoms with E-state index in [0.717, 1.165) is 44.1 Å². The van der Waals surface area contributed by atoms with E-state index in [4.69, 9.17) is 0 Å². The number of anilines is 1. The maximum atomic E-state index is 10.4. The number of hydrogen-bond acceptors (Lipinski definition) is 5.